The van der Waals surface area contributed by atoms with Crippen LogP contribution in [0.3, 0.4) is 0 Å². The summed E-state index contributed by atoms with van der Waals surface area (Å²) < 4.78 is 2.31. The minimum absolute atomic E-state index is 0.786. The Morgan fingerprint density at radius 2 is 2.20 bits per heavy atom. The highest BCUT2D eigenvalue weighted by atomic mass is 14.9. The van der Waals surface area contributed by atoms with Crippen LogP contribution in [0.4, 0.5) is 0 Å². The van der Waals surface area contributed by atoms with E-state index >= 15 is 0 Å². The number of nitrogens with one attached hydrogen (secondary N) is 1. The van der Waals surface area contributed by atoms with E-state index in [1.165, 1.54) is 18.4 Å². The van der Waals surface area contributed by atoms with Gasteiger partial charge in [-0.05, 0) is 30.5 Å². The lowest BCUT2D eigenvalue weighted by Gasteiger charge is -2.10. The molecular formula is C13H24N2. The first kappa shape index (κ1) is 12.3. The number of aromatic nitrogens is 1. The van der Waals surface area contributed by atoms with E-state index in [0.717, 1.165) is 25.6 Å². The molecule has 0 spiro atoms. The average Bonchev–Trinajstić information content (AvgIpc) is 2.63. The summed E-state index contributed by atoms with van der Waals surface area (Å²) in [5, 5.41) is 3.34. The third-order valence-corrected chi connectivity index (χ3v) is 2.69. The fraction of sp³-hybridized carbons (Fsp3) is 0.692. The Hall–Kier alpha value is -0.760. The van der Waals surface area contributed by atoms with Gasteiger partial charge in [-0.25, -0.2) is 0 Å². The predicted molar refractivity (Wildman–Crippen MR) is 65.9 cm³/mol. The third-order valence-electron chi connectivity index (χ3n) is 2.69. The lowest BCUT2D eigenvalue weighted by atomic mass is 10.1. The molecule has 2 nitrogen and oxygen atoms in total. The van der Waals surface area contributed by atoms with E-state index in [1.807, 2.05) is 0 Å². The number of hydrogen-bond donors (Lipinski definition) is 1. The first-order chi connectivity index (χ1) is 7.26. The van der Waals surface area contributed by atoms with Gasteiger partial charge in [0.15, 0.2) is 0 Å². The van der Waals surface area contributed by atoms with E-state index in [-0.39, 0.29) is 0 Å². The molecule has 0 amide bonds. The van der Waals surface area contributed by atoms with E-state index in [9.17, 15) is 0 Å². The fourth-order valence-electron chi connectivity index (χ4n) is 1.92. The topological polar surface area (TPSA) is 17.0 Å². The smallest absolute Gasteiger partial charge is 0.0245 e. The Bertz CT molecular complexity index is 265. The van der Waals surface area contributed by atoms with Crippen molar-refractivity contribution in [1.29, 1.82) is 0 Å². The van der Waals surface area contributed by atoms with Gasteiger partial charge >= 0.3 is 0 Å². The summed E-state index contributed by atoms with van der Waals surface area (Å²) in [6.07, 6.45) is 7.06. The first-order valence-electron chi connectivity index (χ1n) is 6.11. The number of rotatable bonds is 7. The molecule has 0 fully saturated rings. The summed E-state index contributed by atoms with van der Waals surface area (Å²) in [5.41, 5.74) is 1.39. The Labute approximate surface area is 93.7 Å². The maximum Gasteiger partial charge on any atom is 0.0245 e. The summed E-state index contributed by atoms with van der Waals surface area (Å²) in [6.45, 7) is 9.90. The molecule has 1 unspecified atom stereocenters. The number of nitrogens with zero attached hydrogens (tertiary/aromatic N) is 1. The SMILES string of the molecule is CCCC(C)Cn1ccc(CNCC)c1. The molecular weight excluding hydrogens is 184 g/mol. The minimum Gasteiger partial charge on any atom is -0.354 e. The minimum atomic E-state index is 0.786. The molecule has 0 saturated heterocycles. The zero-order valence-electron chi connectivity index (χ0n) is 10.3. The van der Waals surface area contributed by atoms with Gasteiger partial charge in [-0.1, -0.05) is 27.2 Å². The van der Waals surface area contributed by atoms with E-state index in [1.54, 1.807) is 0 Å². The van der Waals surface area contributed by atoms with Crippen LogP contribution in [-0.4, -0.2) is 11.1 Å². The Morgan fingerprint density at radius 1 is 1.40 bits per heavy atom. The molecule has 0 bridgehead atoms. The molecule has 15 heavy (non-hydrogen) atoms. The summed E-state index contributed by atoms with van der Waals surface area (Å²) in [7, 11) is 0. The van der Waals surface area contributed by atoms with Gasteiger partial charge in [0.2, 0.25) is 0 Å². The van der Waals surface area contributed by atoms with Crippen molar-refractivity contribution < 1.29 is 0 Å². The molecule has 0 aliphatic heterocycles. The molecule has 1 rings (SSSR count). The lowest BCUT2D eigenvalue weighted by molar-refractivity contribution is 0.446. The van der Waals surface area contributed by atoms with Gasteiger partial charge in [0.1, 0.15) is 0 Å². The van der Waals surface area contributed by atoms with Crippen LogP contribution in [0, 0.1) is 5.92 Å². The third kappa shape index (κ3) is 4.52. The Balaban J connectivity index is 2.38. The quantitative estimate of drug-likeness (QED) is 0.729. The standard InChI is InChI=1S/C13H24N2/c1-4-6-12(3)10-15-8-7-13(11-15)9-14-5-2/h7-8,11-12,14H,4-6,9-10H2,1-3H3. The van der Waals surface area contributed by atoms with Crippen molar-refractivity contribution >= 4 is 0 Å². The second-order valence-electron chi connectivity index (χ2n) is 4.39. The van der Waals surface area contributed by atoms with Gasteiger partial charge in [-0.2, -0.15) is 0 Å². The molecule has 0 aliphatic rings. The van der Waals surface area contributed by atoms with Crippen LogP contribution >= 0.6 is 0 Å². The second kappa shape index (κ2) is 6.67. The van der Waals surface area contributed by atoms with Crippen molar-refractivity contribution in [2.24, 2.45) is 5.92 Å². The highest BCUT2D eigenvalue weighted by Crippen LogP contribution is 2.10. The maximum atomic E-state index is 3.34. The first-order valence-corrected chi connectivity index (χ1v) is 6.11. The Kier molecular flexibility index (Phi) is 5.48. The highest BCUT2D eigenvalue weighted by Gasteiger charge is 2.02. The molecule has 0 saturated carbocycles. The monoisotopic (exact) mass is 208 g/mol. The van der Waals surface area contributed by atoms with Gasteiger partial charge < -0.3 is 9.88 Å². The van der Waals surface area contributed by atoms with Gasteiger partial charge in [0, 0.05) is 25.5 Å². The van der Waals surface area contributed by atoms with Crippen LogP contribution in [0.5, 0.6) is 0 Å². The normalized spacial score (nSPS) is 13.0. The van der Waals surface area contributed by atoms with Gasteiger partial charge in [-0.3, -0.25) is 0 Å². The van der Waals surface area contributed by atoms with Gasteiger partial charge in [-0.15, -0.1) is 0 Å². The highest BCUT2D eigenvalue weighted by molar-refractivity contribution is 5.09. The zero-order valence-corrected chi connectivity index (χ0v) is 10.3. The van der Waals surface area contributed by atoms with Crippen molar-refractivity contribution in [3.05, 3.63) is 24.0 Å². The van der Waals surface area contributed by atoms with Crippen molar-refractivity contribution in [3.8, 4) is 0 Å². The second-order valence-corrected chi connectivity index (χ2v) is 4.39. The van der Waals surface area contributed by atoms with Crippen LogP contribution in [0.1, 0.15) is 39.2 Å². The average molecular weight is 208 g/mol. The number of hydrogen-bond acceptors (Lipinski definition) is 1. The molecule has 0 radical (unpaired) electrons. The van der Waals surface area contributed by atoms with E-state index in [2.05, 4.69) is 49.1 Å². The fourth-order valence-corrected chi connectivity index (χ4v) is 1.92. The van der Waals surface area contributed by atoms with E-state index in [0.29, 0.717) is 0 Å². The maximum absolute atomic E-state index is 3.34. The van der Waals surface area contributed by atoms with E-state index in [4.69, 9.17) is 0 Å². The predicted octanol–water partition coefficient (Wildman–Crippen LogP) is 3.03. The van der Waals surface area contributed by atoms with Gasteiger partial charge in [0.05, 0.1) is 0 Å². The van der Waals surface area contributed by atoms with Crippen molar-refractivity contribution in [1.82, 2.24) is 9.88 Å². The molecule has 1 heterocycles. The zero-order chi connectivity index (χ0) is 11.1. The largest absolute Gasteiger partial charge is 0.354 e. The molecule has 86 valence electrons. The molecule has 0 aromatic carbocycles. The van der Waals surface area contributed by atoms with Crippen LogP contribution in [-0.2, 0) is 13.1 Å². The summed E-state index contributed by atoms with van der Waals surface area (Å²) >= 11 is 0. The summed E-state index contributed by atoms with van der Waals surface area (Å²) in [4.78, 5) is 0. The lowest BCUT2D eigenvalue weighted by Crippen LogP contribution is -2.11. The molecule has 0 aliphatic carbocycles. The van der Waals surface area contributed by atoms with Crippen molar-refractivity contribution in [2.75, 3.05) is 6.54 Å². The van der Waals surface area contributed by atoms with Crippen LogP contribution < -0.4 is 5.32 Å². The van der Waals surface area contributed by atoms with Crippen LogP contribution in [0.25, 0.3) is 0 Å². The van der Waals surface area contributed by atoms with Gasteiger partial charge in [0.25, 0.3) is 0 Å². The Morgan fingerprint density at radius 3 is 2.87 bits per heavy atom. The summed E-state index contributed by atoms with van der Waals surface area (Å²) in [5.74, 6) is 0.786. The van der Waals surface area contributed by atoms with Crippen LogP contribution in [0.2, 0.25) is 0 Å². The van der Waals surface area contributed by atoms with E-state index < -0.39 is 0 Å². The van der Waals surface area contributed by atoms with Crippen LogP contribution in [0.15, 0.2) is 18.5 Å². The van der Waals surface area contributed by atoms with Crippen molar-refractivity contribution in [3.63, 3.8) is 0 Å². The molecule has 2 heteroatoms. The molecule has 1 atom stereocenters. The van der Waals surface area contributed by atoms with Crippen molar-refractivity contribution in [2.45, 2.75) is 46.7 Å². The molecule has 1 aromatic heterocycles. The summed E-state index contributed by atoms with van der Waals surface area (Å²) in [6, 6.07) is 2.21. The molecule has 1 N–H and O–H groups in total. The molecule has 1 aromatic rings.